The van der Waals surface area contributed by atoms with Crippen molar-refractivity contribution in [3.05, 3.63) is 135 Å². The maximum atomic E-state index is 10.3. The lowest BCUT2D eigenvalue weighted by Gasteiger charge is -2.09. The first-order valence-corrected chi connectivity index (χ1v) is 13.5. The average molecular weight is 568 g/mol. The van der Waals surface area contributed by atoms with Crippen LogP contribution >= 0.6 is 34.8 Å². The van der Waals surface area contributed by atoms with Crippen molar-refractivity contribution >= 4 is 68.4 Å². The third-order valence-corrected chi connectivity index (χ3v) is 7.58. The Hall–Kier alpha value is -4.01. The van der Waals surface area contributed by atoms with Gasteiger partial charge in [0.1, 0.15) is 6.07 Å². The number of fused-ring (bicyclic) bond motifs is 2. The van der Waals surface area contributed by atoms with Gasteiger partial charge in [0.15, 0.2) is 5.82 Å². The molecule has 2 aromatic heterocycles. The van der Waals surface area contributed by atoms with E-state index in [0.717, 1.165) is 38.6 Å². The normalized spacial score (nSPS) is 11.8. The van der Waals surface area contributed by atoms with Crippen molar-refractivity contribution in [3.63, 3.8) is 0 Å². The Kier molecular flexibility index (Phi) is 6.89. The van der Waals surface area contributed by atoms with Crippen LogP contribution in [0.5, 0.6) is 0 Å². The molecule has 4 aromatic carbocycles. The summed E-state index contributed by atoms with van der Waals surface area (Å²) in [6, 6.07) is 31.7. The average Bonchev–Trinajstić information content (AvgIpc) is 3.48. The van der Waals surface area contributed by atoms with E-state index in [1.54, 1.807) is 6.07 Å². The van der Waals surface area contributed by atoms with Crippen LogP contribution in [0.4, 0.5) is 0 Å². The summed E-state index contributed by atoms with van der Waals surface area (Å²) in [5.74, 6) is 0.617. The first-order valence-electron chi connectivity index (χ1n) is 12.3. The smallest absolute Gasteiger partial charge is 0.152 e. The molecule has 190 valence electrons. The van der Waals surface area contributed by atoms with Gasteiger partial charge in [-0.05, 0) is 59.7 Å². The number of para-hydroxylation sites is 3. The molecular formula is C32H21Cl3N4. The second-order valence-corrected chi connectivity index (χ2v) is 10.6. The predicted molar refractivity (Wildman–Crippen MR) is 161 cm³/mol. The highest BCUT2D eigenvalue weighted by molar-refractivity contribution is 6.35. The van der Waals surface area contributed by atoms with Gasteiger partial charge in [0.25, 0.3) is 0 Å². The second-order valence-electron chi connectivity index (χ2n) is 9.27. The number of aromatic nitrogens is 3. The third kappa shape index (κ3) is 5.05. The van der Waals surface area contributed by atoms with E-state index in [1.165, 1.54) is 0 Å². The summed E-state index contributed by atoms with van der Waals surface area (Å²) < 4.78 is 4.22. The molecule has 0 aliphatic rings. The molecule has 0 saturated heterocycles. The van der Waals surface area contributed by atoms with Gasteiger partial charge < -0.3 is 9.13 Å². The number of hydrogen-bond acceptors (Lipinski definition) is 2. The Morgan fingerprint density at radius 3 is 2.31 bits per heavy atom. The highest BCUT2D eigenvalue weighted by Crippen LogP contribution is 2.30. The summed E-state index contributed by atoms with van der Waals surface area (Å²) in [5.41, 5.74) is 6.28. The highest BCUT2D eigenvalue weighted by Gasteiger charge is 2.17. The zero-order valence-electron chi connectivity index (χ0n) is 20.7. The van der Waals surface area contributed by atoms with Gasteiger partial charge in [-0.15, -0.1) is 0 Å². The van der Waals surface area contributed by atoms with Crippen LogP contribution in [0.2, 0.25) is 15.1 Å². The van der Waals surface area contributed by atoms with Crippen LogP contribution in [-0.4, -0.2) is 14.1 Å². The Morgan fingerprint density at radius 2 is 1.54 bits per heavy atom. The van der Waals surface area contributed by atoms with Gasteiger partial charge in [0.2, 0.25) is 0 Å². The van der Waals surface area contributed by atoms with Crippen LogP contribution in [0, 0.1) is 11.3 Å². The lowest BCUT2D eigenvalue weighted by atomic mass is 10.1. The van der Waals surface area contributed by atoms with E-state index in [1.807, 2.05) is 78.9 Å². The minimum Gasteiger partial charge on any atom is -0.342 e. The van der Waals surface area contributed by atoms with Crippen molar-refractivity contribution in [2.24, 2.45) is 0 Å². The van der Waals surface area contributed by atoms with Crippen LogP contribution in [0.1, 0.15) is 22.5 Å². The summed E-state index contributed by atoms with van der Waals surface area (Å²) in [4.78, 5) is 4.88. The van der Waals surface area contributed by atoms with Crippen LogP contribution in [0.15, 0.2) is 97.2 Å². The molecule has 0 aliphatic carbocycles. The van der Waals surface area contributed by atoms with E-state index >= 15 is 0 Å². The van der Waals surface area contributed by atoms with E-state index in [2.05, 4.69) is 33.5 Å². The summed E-state index contributed by atoms with van der Waals surface area (Å²) in [6.45, 7) is 1.13. The van der Waals surface area contributed by atoms with Gasteiger partial charge in [-0.25, -0.2) is 4.98 Å². The number of hydrogen-bond donors (Lipinski definition) is 0. The largest absolute Gasteiger partial charge is 0.342 e. The number of rotatable bonds is 6. The Labute approximate surface area is 240 Å². The summed E-state index contributed by atoms with van der Waals surface area (Å²) in [5, 5.41) is 13.3. The maximum absolute atomic E-state index is 10.3. The molecule has 0 spiro atoms. The number of nitriles is 1. The van der Waals surface area contributed by atoms with Crippen molar-refractivity contribution in [2.75, 3.05) is 0 Å². The lowest BCUT2D eigenvalue weighted by Crippen LogP contribution is -2.04. The van der Waals surface area contributed by atoms with Gasteiger partial charge in [-0.1, -0.05) is 83.3 Å². The summed E-state index contributed by atoms with van der Waals surface area (Å²) in [6.07, 6.45) is 3.97. The molecule has 0 aliphatic heterocycles. The Balaban J connectivity index is 1.47. The Morgan fingerprint density at radius 1 is 0.821 bits per heavy atom. The minimum absolute atomic E-state index is 0.479. The molecule has 0 atom stereocenters. The zero-order chi connectivity index (χ0) is 26.9. The van der Waals surface area contributed by atoms with E-state index in [9.17, 15) is 5.26 Å². The molecule has 0 amide bonds. The van der Waals surface area contributed by atoms with Crippen molar-refractivity contribution < 1.29 is 0 Å². The minimum atomic E-state index is 0.479. The molecule has 0 bridgehead atoms. The molecule has 0 saturated carbocycles. The van der Waals surface area contributed by atoms with E-state index < -0.39 is 0 Å². The fraction of sp³-hybridized carbons (Fsp3) is 0.0625. The number of nitrogens with zero attached hydrogens (tertiary/aromatic N) is 4. The number of allylic oxidation sites excluding steroid dienone is 1. The number of halogens is 3. The van der Waals surface area contributed by atoms with Crippen molar-refractivity contribution in [1.82, 2.24) is 14.1 Å². The van der Waals surface area contributed by atoms with Gasteiger partial charge in [0, 0.05) is 50.8 Å². The van der Waals surface area contributed by atoms with Crippen molar-refractivity contribution in [1.29, 1.82) is 5.26 Å². The van der Waals surface area contributed by atoms with Crippen LogP contribution in [0.3, 0.4) is 0 Å². The summed E-state index contributed by atoms with van der Waals surface area (Å²) in [7, 11) is 0. The molecule has 6 rings (SSSR count). The molecule has 0 unspecified atom stereocenters. The maximum Gasteiger partial charge on any atom is 0.152 e. The van der Waals surface area contributed by atoms with Gasteiger partial charge in [0.05, 0.1) is 16.6 Å². The first-order chi connectivity index (χ1) is 19.0. The van der Waals surface area contributed by atoms with Crippen LogP contribution < -0.4 is 0 Å². The van der Waals surface area contributed by atoms with E-state index in [4.69, 9.17) is 39.8 Å². The topological polar surface area (TPSA) is 46.5 Å². The van der Waals surface area contributed by atoms with Gasteiger partial charge in [-0.3, -0.25) is 0 Å². The molecule has 39 heavy (non-hydrogen) atoms. The van der Waals surface area contributed by atoms with Crippen LogP contribution in [-0.2, 0) is 13.1 Å². The number of benzene rings is 4. The predicted octanol–water partition coefficient (Wildman–Crippen LogP) is 9.11. The quantitative estimate of drug-likeness (QED) is 0.188. The molecule has 6 aromatic rings. The summed E-state index contributed by atoms with van der Waals surface area (Å²) >= 11 is 18.7. The molecule has 4 nitrogen and oxygen atoms in total. The monoisotopic (exact) mass is 566 g/mol. The third-order valence-electron chi connectivity index (χ3n) is 6.74. The zero-order valence-corrected chi connectivity index (χ0v) is 22.9. The van der Waals surface area contributed by atoms with Gasteiger partial charge >= 0.3 is 0 Å². The van der Waals surface area contributed by atoms with Crippen molar-refractivity contribution in [2.45, 2.75) is 13.1 Å². The molecular weight excluding hydrogens is 547 g/mol. The molecule has 0 N–H and O–H groups in total. The molecule has 0 radical (unpaired) electrons. The molecule has 7 heteroatoms. The lowest BCUT2D eigenvalue weighted by molar-refractivity contribution is 0.811. The highest BCUT2D eigenvalue weighted by atomic mass is 35.5. The molecule has 2 heterocycles. The van der Waals surface area contributed by atoms with Crippen molar-refractivity contribution in [3.8, 4) is 6.07 Å². The standard InChI is InChI=1S/C32H21Cl3N4/c33-25-12-9-21(10-13-25)18-39-31-8-4-2-6-29(31)37-32(39)23(17-36)15-24-20-38(30-7-3-1-5-27(24)30)19-22-11-14-26(34)16-28(22)35/h1-16,20H,18-19H2/b23-15-. The fourth-order valence-corrected chi connectivity index (χ4v) is 5.46. The Bertz CT molecular complexity index is 1910. The first kappa shape index (κ1) is 25.3. The second kappa shape index (κ2) is 10.6. The SMILES string of the molecule is N#C/C(=C/c1cn(Cc2ccc(Cl)cc2Cl)c2ccccc12)c1nc2ccccc2n1Cc1ccc(Cl)cc1. The molecule has 0 fully saturated rings. The van der Waals surface area contributed by atoms with E-state index in [0.29, 0.717) is 39.6 Å². The van der Waals surface area contributed by atoms with Gasteiger partial charge in [-0.2, -0.15) is 5.26 Å². The number of imidazole rings is 1. The fourth-order valence-electron chi connectivity index (χ4n) is 4.87. The van der Waals surface area contributed by atoms with Crippen LogP contribution in [0.25, 0.3) is 33.6 Å². The van der Waals surface area contributed by atoms with E-state index in [-0.39, 0.29) is 0 Å².